The van der Waals surface area contributed by atoms with Crippen molar-refractivity contribution >= 4 is 33.6 Å². The lowest BCUT2D eigenvalue weighted by Gasteiger charge is -2.07. The number of esters is 1. The number of amides is 1. The lowest BCUT2D eigenvalue weighted by molar-refractivity contribution is -0.125. The first kappa shape index (κ1) is 14.1. The fourth-order valence-electron chi connectivity index (χ4n) is 2.42. The smallest absolute Gasteiger partial charge is 0.375 e. The van der Waals surface area contributed by atoms with Crippen LogP contribution in [-0.4, -0.2) is 18.0 Å². The number of hydrogen-bond acceptors (Lipinski definition) is 4. The predicted octanol–water partition coefficient (Wildman–Crippen LogP) is 2.93. The van der Waals surface area contributed by atoms with Crippen molar-refractivity contribution in [2.24, 2.45) is 5.73 Å². The van der Waals surface area contributed by atoms with Gasteiger partial charge in [-0.2, -0.15) is 0 Å². The van der Waals surface area contributed by atoms with Gasteiger partial charge in [0, 0.05) is 16.3 Å². The molecule has 0 unspecified atom stereocenters. The van der Waals surface area contributed by atoms with Gasteiger partial charge in [0.2, 0.25) is 5.76 Å². The Hall–Kier alpha value is -2.82. The highest BCUT2D eigenvalue weighted by Crippen LogP contribution is 2.32. The van der Waals surface area contributed by atoms with Gasteiger partial charge in [0.25, 0.3) is 5.91 Å². The molecular weight excluding hydrogens is 282 g/mol. The Balaban J connectivity index is 2.11. The SMILES string of the molecule is Cc1c(C(=O)O[C@H](C)C(N)=O)oc2c1ccc1ccccc12. The first-order valence-corrected chi connectivity index (χ1v) is 6.90. The van der Waals surface area contributed by atoms with Gasteiger partial charge in [-0.1, -0.05) is 36.4 Å². The number of furan rings is 1. The molecule has 1 aromatic heterocycles. The molecule has 0 fully saturated rings. The molecule has 0 aliphatic heterocycles. The molecule has 112 valence electrons. The van der Waals surface area contributed by atoms with Crippen LogP contribution in [0.3, 0.4) is 0 Å². The number of hydrogen-bond donors (Lipinski definition) is 1. The molecule has 0 saturated carbocycles. The highest BCUT2D eigenvalue weighted by Gasteiger charge is 2.23. The van der Waals surface area contributed by atoms with Crippen molar-refractivity contribution in [2.45, 2.75) is 20.0 Å². The summed E-state index contributed by atoms with van der Waals surface area (Å²) in [6, 6.07) is 11.6. The number of nitrogens with two attached hydrogens (primary N) is 1. The van der Waals surface area contributed by atoms with Crippen LogP contribution in [0.5, 0.6) is 0 Å². The minimum absolute atomic E-state index is 0.0967. The first-order chi connectivity index (χ1) is 10.5. The molecule has 3 rings (SSSR count). The number of fused-ring (bicyclic) bond motifs is 3. The zero-order chi connectivity index (χ0) is 15.9. The van der Waals surface area contributed by atoms with Crippen molar-refractivity contribution in [3.63, 3.8) is 0 Å². The van der Waals surface area contributed by atoms with E-state index in [1.165, 1.54) is 6.92 Å². The Morgan fingerprint density at radius 3 is 2.59 bits per heavy atom. The molecule has 0 radical (unpaired) electrons. The van der Waals surface area contributed by atoms with Crippen LogP contribution in [0.25, 0.3) is 21.7 Å². The Kier molecular flexibility index (Phi) is 3.33. The minimum Gasteiger partial charge on any atom is -0.448 e. The number of benzene rings is 2. The fraction of sp³-hybridized carbons (Fsp3) is 0.176. The maximum Gasteiger partial charge on any atom is 0.375 e. The number of rotatable bonds is 3. The number of ether oxygens (including phenoxy) is 1. The van der Waals surface area contributed by atoms with E-state index < -0.39 is 18.0 Å². The van der Waals surface area contributed by atoms with E-state index >= 15 is 0 Å². The fourth-order valence-corrected chi connectivity index (χ4v) is 2.42. The van der Waals surface area contributed by atoms with E-state index in [4.69, 9.17) is 14.9 Å². The van der Waals surface area contributed by atoms with Crippen LogP contribution in [0.15, 0.2) is 40.8 Å². The predicted molar refractivity (Wildman–Crippen MR) is 82.5 cm³/mol. The van der Waals surface area contributed by atoms with E-state index in [0.717, 1.165) is 16.2 Å². The molecule has 22 heavy (non-hydrogen) atoms. The maximum atomic E-state index is 12.2. The van der Waals surface area contributed by atoms with Gasteiger partial charge in [0.1, 0.15) is 5.58 Å². The molecule has 0 bridgehead atoms. The maximum absolute atomic E-state index is 12.2. The topological polar surface area (TPSA) is 82.5 Å². The highest BCUT2D eigenvalue weighted by molar-refractivity contribution is 6.08. The molecule has 5 nitrogen and oxygen atoms in total. The minimum atomic E-state index is -1.00. The molecule has 0 saturated heterocycles. The van der Waals surface area contributed by atoms with E-state index in [-0.39, 0.29) is 5.76 Å². The summed E-state index contributed by atoms with van der Waals surface area (Å²) in [5.41, 5.74) is 6.42. The van der Waals surface area contributed by atoms with Crippen molar-refractivity contribution in [3.05, 3.63) is 47.7 Å². The molecule has 0 aliphatic carbocycles. The van der Waals surface area contributed by atoms with Crippen molar-refractivity contribution in [3.8, 4) is 0 Å². The molecule has 1 atom stereocenters. The third-order valence-corrected chi connectivity index (χ3v) is 3.70. The molecule has 0 spiro atoms. The average Bonchev–Trinajstić information content (AvgIpc) is 2.85. The Morgan fingerprint density at radius 1 is 1.14 bits per heavy atom. The van der Waals surface area contributed by atoms with Gasteiger partial charge in [0.15, 0.2) is 6.10 Å². The standard InChI is InChI=1S/C17H15NO4/c1-9-12-8-7-11-5-3-4-6-13(11)15(12)22-14(9)17(20)21-10(2)16(18)19/h3-8,10H,1-2H3,(H2,18,19)/t10-/m1/s1. The average molecular weight is 297 g/mol. The Morgan fingerprint density at radius 2 is 1.86 bits per heavy atom. The quantitative estimate of drug-likeness (QED) is 0.753. The van der Waals surface area contributed by atoms with Crippen LogP contribution < -0.4 is 5.73 Å². The van der Waals surface area contributed by atoms with E-state index in [9.17, 15) is 9.59 Å². The number of carbonyl (C=O) groups is 2. The largest absolute Gasteiger partial charge is 0.448 e. The van der Waals surface area contributed by atoms with Gasteiger partial charge in [-0.3, -0.25) is 4.79 Å². The summed E-state index contributed by atoms with van der Waals surface area (Å²) in [7, 11) is 0. The second kappa shape index (κ2) is 5.18. The number of primary amides is 1. The van der Waals surface area contributed by atoms with Crippen molar-refractivity contribution < 1.29 is 18.7 Å². The van der Waals surface area contributed by atoms with E-state index in [0.29, 0.717) is 11.1 Å². The van der Waals surface area contributed by atoms with Crippen LogP contribution in [0.4, 0.5) is 0 Å². The zero-order valence-corrected chi connectivity index (χ0v) is 12.3. The van der Waals surface area contributed by atoms with Gasteiger partial charge < -0.3 is 14.9 Å². The number of carbonyl (C=O) groups excluding carboxylic acids is 2. The van der Waals surface area contributed by atoms with Gasteiger partial charge in [0.05, 0.1) is 0 Å². The van der Waals surface area contributed by atoms with Crippen LogP contribution in [0.1, 0.15) is 23.0 Å². The summed E-state index contributed by atoms with van der Waals surface area (Å²) < 4.78 is 10.7. The van der Waals surface area contributed by atoms with Gasteiger partial charge in [-0.25, -0.2) is 4.79 Å². The zero-order valence-electron chi connectivity index (χ0n) is 12.3. The first-order valence-electron chi connectivity index (χ1n) is 6.90. The van der Waals surface area contributed by atoms with Crippen LogP contribution in [-0.2, 0) is 9.53 Å². The molecule has 5 heteroatoms. The second-order valence-corrected chi connectivity index (χ2v) is 5.17. The van der Waals surface area contributed by atoms with Crippen molar-refractivity contribution in [2.75, 3.05) is 0 Å². The van der Waals surface area contributed by atoms with Crippen molar-refractivity contribution in [1.82, 2.24) is 0 Å². The van der Waals surface area contributed by atoms with E-state index in [1.807, 2.05) is 36.4 Å². The van der Waals surface area contributed by atoms with Gasteiger partial charge in [-0.15, -0.1) is 0 Å². The van der Waals surface area contributed by atoms with Crippen molar-refractivity contribution in [1.29, 1.82) is 0 Å². The van der Waals surface area contributed by atoms with Gasteiger partial charge >= 0.3 is 5.97 Å². The summed E-state index contributed by atoms with van der Waals surface area (Å²) in [6.45, 7) is 3.21. The molecule has 1 amide bonds. The summed E-state index contributed by atoms with van der Waals surface area (Å²) in [6.07, 6.45) is -1.00. The van der Waals surface area contributed by atoms with Gasteiger partial charge in [-0.05, 0) is 19.2 Å². The lowest BCUT2D eigenvalue weighted by atomic mass is 10.1. The summed E-state index contributed by atoms with van der Waals surface area (Å²) in [5, 5.41) is 2.79. The Labute approximate surface area is 126 Å². The molecule has 2 N–H and O–H groups in total. The van der Waals surface area contributed by atoms with E-state index in [2.05, 4.69) is 0 Å². The summed E-state index contributed by atoms with van der Waals surface area (Å²) in [5.74, 6) is -1.30. The van der Waals surface area contributed by atoms with Crippen LogP contribution in [0.2, 0.25) is 0 Å². The molecule has 0 aliphatic rings. The molecule has 3 aromatic rings. The third kappa shape index (κ3) is 2.20. The highest BCUT2D eigenvalue weighted by atomic mass is 16.6. The Bertz CT molecular complexity index is 894. The normalized spacial score (nSPS) is 12.5. The van der Waals surface area contributed by atoms with Crippen LogP contribution in [0, 0.1) is 6.92 Å². The molecular formula is C17H15NO4. The van der Waals surface area contributed by atoms with E-state index in [1.54, 1.807) is 6.92 Å². The summed E-state index contributed by atoms with van der Waals surface area (Å²) in [4.78, 5) is 23.2. The summed E-state index contributed by atoms with van der Waals surface area (Å²) >= 11 is 0. The number of aryl methyl sites for hydroxylation is 1. The monoisotopic (exact) mass is 297 g/mol. The molecule has 1 heterocycles. The molecule has 2 aromatic carbocycles. The lowest BCUT2D eigenvalue weighted by Crippen LogP contribution is -2.30. The third-order valence-electron chi connectivity index (χ3n) is 3.70. The second-order valence-electron chi connectivity index (χ2n) is 5.17. The van der Waals surface area contributed by atoms with Crippen LogP contribution >= 0.6 is 0 Å².